The van der Waals surface area contributed by atoms with Gasteiger partial charge in [0.15, 0.2) is 0 Å². The maximum Gasteiger partial charge on any atom is 0.263 e. The quantitative estimate of drug-likeness (QED) is 0.238. The fourth-order valence-electron chi connectivity index (χ4n) is 5.96. The van der Waals surface area contributed by atoms with Crippen LogP contribution >= 0.6 is 11.3 Å². The number of hydrogen-bond acceptors (Lipinski definition) is 4. The summed E-state index contributed by atoms with van der Waals surface area (Å²) in [4.78, 5) is 32.3. The van der Waals surface area contributed by atoms with E-state index in [-0.39, 0.29) is 23.6 Å². The van der Waals surface area contributed by atoms with Gasteiger partial charge in [-0.1, -0.05) is 73.7 Å². The maximum atomic E-state index is 14.4. The first-order chi connectivity index (χ1) is 19.6. The second-order valence-corrected chi connectivity index (χ2v) is 11.4. The molecule has 1 aliphatic heterocycles. The molecule has 0 fully saturated rings. The molecule has 6 heteroatoms. The zero-order chi connectivity index (χ0) is 27.6. The molecule has 1 unspecified atom stereocenters. The van der Waals surface area contributed by atoms with Crippen molar-refractivity contribution in [3.05, 3.63) is 134 Å². The minimum atomic E-state index is -0.160. The molecule has 5 aromatic rings. The molecule has 3 aromatic carbocycles. The van der Waals surface area contributed by atoms with Crippen molar-refractivity contribution in [1.82, 2.24) is 14.8 Å². The lowest BCUT2D eigenvalue weighted by Gasteiger charge is -2.35. The van der Waals surface area contributed by atoms with Crippen molar-refractivity contribution in [3.63, 3.8) is 0 Å². The molecule has 2 aromatic heterocycles. The summed E-state index contributed by atoms with van der Waals surface area (Å²) in [6.07, 6.45) is 1.72. The zero-order valence-electron chi connectivity index (χ0n) is 22.8. The first kappa shape index (κ1) is 26.2. The number of pyridine rings is 1. The number of para-hydroxylation sites is 1. The van der Waals surface area contributed by atoms with Crippen LogP contribution < -0.4 is 10.9 Å². The summed E-state index contributed by atoms with van der Waals surface area (Å²) in [5.74, 6) is -0.160. The summed E-state index contributed by atoms with van der Waals surface area (Å²) in [5, 5.41) is 6.71. The minimum Gasteiger partial charge on any atom is -0.345 e. The fraction of sp³-hybridized carbons (Fsp3) is 0.235. The number of benzene rings is 3. The molecule has 0 saturated carbocycles. The monoisotopic (exact) mass is 547 g/mol. The summed E-state index contributed by atoms with van der Waals surface area (Å²) in [5.41, 5.74) is 4.35. The average Bonchev–Trinajstić information content (AvgIpc) is 3.48. The predicted molar refractivity (Wildman–Crippen MR) is 163 cm³/mol. The van der Waals surface area contributed by atoms with Crippen molar-refractivity contribution in [2.75, 3.05) is 6.54 Å². The second kappa shape index (κ2) is 11.2. The van der Waals surface area contributed by atoms with Crippen molar-refractivity contribution in [2.45, 2.75) is 45.3 Å². The number of aromatic nitrogens is 1. The summed E-state index contributed by atoms with van der Waals surface area (Å²) in [6, 6.07) is 29.5. The predicted octanol–water partition coefficient (Wildman–Crippen LogP) is 7.05. The van der Waals surface area contributed by atoms with Gasteiger partial charge in [0.1, 0.15) is 0 Å². The molecule has 0 aliphatic carbocycles. The standard InChI is InChI=1S/C34H33N3O2S/c1-3-29(24-12-6-4-7-13-24)35-33(38)32-27-16-10-11-17-28(27)34(39)37(25-14-8-5-9-15-25)30(32)22-36-20-18-31-26(23(36)2)19-21-40-31/h4-17,19,21,23,29H,3,18,20,22H2,1-2H3,(H,35,38)/t23?,29-/m0/s1. The Morgan fingerprint density at radius 2 is 1.62 bits per heavy atom. The van der Waals surface area contributed by atoms with Crippen molar-refractivity contribution < 1.29 is 4.79 Å². The Balaban J connectivity index is 1.54. The van der Waals surface area contributed by atoms with E-state index in [4.69, 9.17) is 0 Å². The molecule has 1 N–H and O–H groups in total. The molecule has 0 spiro atoms. The van der Waals surface area contributed by atoms with Gasteiger partial charge < -0.3 is 5.32 Å². The molecular formula is C34H33N3O2S. The lowest BCUT2D eigenvalue weighted by Crippen LogP contribution is -2.38. The van der Waals surface area contributed by atoms with Crippen LogP contribution in [0.2, 0.25) is 0 Å². The molecular weight excluding hydrogens is 514 g/mol. The van der Waals surface area contributed by atoms with Gasteiger partial charge in [-0.05, 0) is 60.5 Å². The number of fused-ring (bicyclic) bond motifs is 2. The molecule has 1 amide bonds. The fourth-order valence-corrected chi connectivity index (χ4v) is 6.92. The van der Waals surface area contributed by atoms with Crippen LogP contribution in [0.5, 0.6) is 0 Å². The van der Waals surface area contributed by atoms with E-state index in [0.29, 0.717) is 22.9 Å². The van der Waals surface area contributed by atoms with Gasteiger partial charge in [-0.25, -0.2) is 0 Å². The van der Waals surface area contributed by atoms with Crippen LogP contribution in [0.15, 0.2) is 101 Å². The Kier molecular flexibility index (Phi) is 7.37. The summed E-state index contributed by atoms with van der Waals surface area (Å²) in [7, 11) is 0. The highest BCUT2D eigenvalue weighted by atomic mass is 32.1. The molecule has 40 heavy (non-hydrogen) atoms. The Morgan fingerprint density at radius 3 is 2.35 bits per heavy atom. The van der Waals surface area contributed by atoms with E-state index in [1.165, 1.54) is 10.4 Å². The lowest BCUT2D eigenvalue weighted by molar-refractivity contribution is 0.0933. The van der Waals surface area contributed by atoms with Gasteiger partial charge in [0.25, 0.3) is 11.5 Å². The SMILES string of the molecule is CC[C@H](NC(=O)c1c(CN2CCc3sccc3C2C)n(-c2ccccc2)c(=O)c2ccccc12)c1ccccc1. The first-order valence-electron chi connectivity index (χ1n) is 13.9. The van der Waals surface area contributed by atoms with Crippen LogP contribution in [0, 0.1) is 0 Å². The largest absolute Gasteiger partial charge is 0.345 e. The number of carbonyl (C=O) groups is 1. The van der Waals surface area contributed by atoms with Crippen molar-refractivity contribution in [2.24, 2.45) is 0 Å². The Labute approximate surface area is 238 Å². The van der Waals surface area contributed by atoms with Gasteiger partial charge in [-0.3, -0.25) is 19.1 Å². The van der Waals surface area contributed by atoms with Crippen molar-refractivity contribution in [1.29, 1.82) is 0 Å². The van der Waals surface area contributed by atoms with Gasteiger partial charge >= 0.3 is 0 Å². The number of nitrogens with zero attached hydrogens (tertiary/aromatic N) is 2. The molecule has 0 radical (unpaired) electrons. The summed E-state index contributed by atoms with van der Waals surface area (Å²) >= 11 is 1.81. The average molecular weight is 548 g/mol. The number of thiophene rings is 1. The van der Waals surface area contributed by atoms with Crippen LogP contribution in [0.25, 0.3) is 16.5 Å². The molecule has 0 bridgehead atoms. The number of amides is 1. The number of carbonyl (C=O) groups excluding carboxylic acids is 1. The molecule has 0 saturated heterocycles. The molecule has 5 nitrogen and oxygen atoms in total. The van der Waals surface area contributed by atoms with Gasteiger partial charge in [-0.15, -0.1) is 11.3 Å². The lowest BCUT2D eigenvalue weighted by atomic mass is 9.97. The van der Waals surface area contributed by atoms with Crippen LogP contribution in [0.1, 0.15) is 64.4 Å². The van der Waals surface area contributed by atoms with E-state index < -0.39 is 0 Å². The number of hydrogen-bond donors (Lipinski definition) is 1. The maximum absolute atomic E-state index is 14.4. The summed E-state index contributed by atoms with van der Waals surface area (Å²) < 4.78 is 1.76. The van der Waals surface area contributed by atoms with E-state index in [1.807, 2.05) is 96.3 Å². The third kappa shape index (κ3) is 4.78. The van der Waals surface area contributed by atoms with E-state index in [1.54, 1.807) is 4.57 Å². The van der Waals surface area contributed by atoms with Crippen LogP contribution in [-0.4, -0.2) is 21.9 Å². The molecule has 2 atom stereocenters. The Bertz CT molecular complexity index is 1710. The van der Waals surface area contributed by atoms with Gasteiger partial charge in [0.2, 0.25) is 0 Å². The third-order valence-electron chi connectivity index (χ3n) is 8.10. The second-order valence-electron chi connectivity index (χ2n) is 10.4. The van der Waals surface area contributed by atoms with Gasteiger partial charge in [0.05, 0.1) is 17.3 Å². The molecule has 6 rings (SSSR count). The van der Waals surface area contributed by atoms with Crippen LogP contribution in [-0.2, 0) is 13.0 Å². The molecule has 1 aliphatic rings. The zero-order valence-corrected chi connectivity index (χ0v) is 23.7. The molecule has 3 heterocycles. The van der Waals surface area contributed by atoms with Gasteiger partial charge in [-0.2, -0.15) is 0 Å². The third-order valence-corrected chi connectivity index (χ3v) is 9.10. The summed E-state index contributed by atoms with van der Waals surface area (Å²) in [6.45, 7) is 5.65. The Morgan fingerprint density at radius 1 is 0.950 bits per heavy atom. The normalized spacial score (nSPS) is 16.0. The minimum absolute atomic E-state index is 0.107. The Hall–Kier alpha value is -4.00. The highest BCUT2D eigenvalue weighted by Crippen LogP contribution is 2.35. The van der Waals surface area contributed by atoms with E-state index in [0.717, 1.165) is 36.3 Å². The van der Waals surface area contributed by atoms with Crippen molar-refractivity contribution >= 4 is 28.0 Å². The van der Waals surface area contributed by atoms with Gasteiger partial charge in [0, 0.05) is 40.5 Å². The number of rotatable bonds is 7. The van der Waals surface area contributed by atoms with E-state index >= 15 is 0 Å². The first-order valence-corrected chi connectivity index (χ1v) is 14.8. The highest BCUT2D eigenvalue weighted by molar-refractivity contribution is 7.10. The van der Waals surface area contributed by atoms with Crippen LogP contribution in [0.4, 0.5) is 0 Å². The van der Waals surface area contributed by atoms with Crippen molar-refractivity contribution in [3.8, 4) is 5.69 Å². The highest BCUT2D eigenvalue weighted by Gasteiger charge is 2.30. The van der Waals surface area contributed by atoms with E-state index in [2.05, 4.69) is 35.5 Å². The smallest absolute Gasteiger partial charge is 0.263 e. The number of nitrogens with one attached hydrogen (secondary N) is 1. The van der Waals surface area contributed by atoms with E-state index in [9.17, 15) is 9.59 Å². The molecule has 202 valence electrons. The topological polar surface area (TPSA) is 54.3 Å². The van der Waals surface area contributed by atoms with Crippen LogP contribution in [0.3, 0.4) is 0 Å².